The standard InChI is InChI=1S/C23H27N3O6/c1-15(27)12-24-23(30)16-11-22(29)26(13-16)18-5-9-20(10-6-18)32-14-21(28)25-17-3-7-19(31-2)8-4-17/h3-10,15-16,27H,11-14H2,1-2H3,(H,24,30)(H,25,28)/t15-,16+/m1/s1. The average molecular weight is 441 g/mol. The van der Waals surface area contributed by atoms with Crippen LogP contribution in [-0.2, 0) is 14.4 Å². The highest BCUT2D eigenvalue weighted by atomic mass is 16.5. The lowest BCUT2D eigenvalue weighted by molar-refractivity contribution is -0.126. The van der Waals surface area contributed by atoms with Crippen molar-refractivity contribution in [1.29, 1.82) is 0 Å². The van der Waals surface area contributed by atoms with Gasteiger partial charge in [0.2, 0.25) is 11.8 Å². The molecule has 1 aliphatic rings. The summed E-state index contributed by atoms with van der Waals surface area (Å²) in [6.45, 7) is 1.84. The van der Waals surface area contributed by atoms with Crippen LogP contribution in [0.5, 0.6) is 11.5 Å². The van der Waals surface area contributed by atoms with Crippen LogP contribution in [-0.4, -0.2) is 55.7 Å². The van der Waals surface area contributed by atoms with Crippen LogP contribution in [0.1, 0.15) is 13.3 Å². The lowest BCUT2D eigenvalue weighted by Crippen LogP contribution is -2.36. The predicted molar refractivity (Wildman–Crippen MR) is 119 cm³/mol. The highest BCUT2D eigenvalue weighted by Crippen LogP contribution is 2.27. The molecule has 3 amide bonds. The largest absolute Gasteiger partial charge is 0.497 e. The first-order valence-electron chi connectivity index (χ1n) is 10.3. The van der Waals surface area contributed by atoms with Gasteiger partial charge in [-0.15, -0.1) is 0 Å². The fourth-order valence-corrected chi connectivity index (χ4v) is 3.27. The van der Waals surface area contributed by atoms with E-state index in [0.717, 1.165) is 0 Å². The Morgan fingerprint density at radius 2 is 1.78 bits per heavy atom. The topological polar surface area (TPSA) is 117 Å². The third kappa shape index (κ3) is 6.21. The number of rotatable bonds is 9. The molecule has 0 saturated carbocycles. The Hall–Kier alpha value is -3.59. The number of aliphatic hydroxyl groups is 1. The summed E-state index contributed by atoms with van der Waals surface area (Å²) in [4.78, 5) is 38.1. The fraction of sp³-hybridized carbons (Fsp3) is 0.348. The van der Waals surface area contributed by atoms with Crippen LogP contribution in [0.4, 0.5) is 11.4 Å². The first-order valence-corrected chi connectivity index (χ1v) is 10.3. The van der Waals surface area contributed by atoms with E-state index in [-0.39, 0.29) is 43.8 Å². The van der Waals surface area contributed by atoms with Crippen LogP contribution >= 0.6 is 0 Å². The molecule has 0 unspecified atom stereocenters. The van der Waals surface area contributed by atoms with Gasteiger partial charge in [-0.2, -0.15) is 0 Å². The van der Waals surface area contributed by atoms with E-state index in [1.165, 1.54) is 0 Å². The van der Waals surface area contributed by atoms with E-state index in [1.54, 1.807) is 67.5 Å². The number of nitrogens with one attached hydrogen (secondary N) is 2. The van der Waals surface area contributed by atoms with Gasteiger partial charge in [-0.05, 0) is 55.5 Å². The molecule has 3 rings (SSSR count). The Morgan fingerprint density at radius 3 is 2.41 bits per heavy atom. The molecule has 1 aliphatic heterocycles. The molecular formula is C23H27N3O6. The molecule has 2 aromatic rings. The minimum absolute atomic E-state index is 0.120. The van der Waals surface area contributed by atoms with Crippen molar-refractivity contribution in [2.75, 3.05) is 37.0 Å². The molecule has 1 fully saturated rings. The van der Waals surface area contributed by atoms with Gasteiger partial charge in [-0.3, -0.25) is 14.4 Å². The molecule has 32 heavy (non-hydrogen) atoms. The number of hydrogen-bond acceptors (Lipinski definition) is 6. The van der Waals surface area contributed by atoms with Crippen molar-refractivity contribution in [2.45, 2.75) is 19.4 Å². The number of ether oxygens (including phenoxy) is 2. The van der Waals surface area contributed by atoms with Crippen molar-refractivity contribution in [3.8, 4) is 11.5 Å². The smallest absolute Gasteiger partial charge is 0.262 e. The maximum atomic E-state index is 12.3. The third-order valence-corrected chi connectivity index (χ3v) is 4.96. The molecule has 9 nitrogen and oxygen atoms in total. The molecule has 2 aromatic carbocycles. The molecule has 1 saturated heterocycles. The summed E-state index contributed by atoms with van der Waals surface area (Å²) in [6, 6.07) is 13.7. The van der Waals surface area contributed by atoms with Gasteiger partial charge in [-0.25, -0.2) is 0 Å². The number of hydrogen-bond donors (Lipinski definition) is 3. The van der Waals surface area contributed by atoms with Gasteiger partial charge in [-0.1, -0.05) is 0 Å². The van der Waals surface area contributed by atoms with Crippen molar-refractivity contribution in [2.24, 2.45) is 5.92 Å². The minimum atomic E-state index is -0.641. The third-order valence-electron chi connectivity index (χ3n) is 4.96. The molecule has 0 aliphatic carbocycles. The Bertz CT molecular complexity index is 943. The summed E-state index contributed by atoms with van der Waals surface area (Å²) in [5.41, 5.74) is 1.28. The summed E-state index contributed by atoms with van der Waals surface area (Å²) in [5, 5.41) is 14.7. The molecule has 2 atom stereocenters. The van der Waals surface area contributed by atoms with Gasteiger partial charge in [0.1, 0.15) is 11.5 Å². The molecule has 170 valence electrons. The van der Waals surface area contributed by atoms with E-state index in [2.05, 4.69) is 10.6 Å². The Kier molecular flexibility index (Phi) is 7.67. The number of nitrogens with zero attached hydrogens (tertiary/aromatic N) is 1. The number of carbonyl (C=O) groups is 3. The number of anilines is 2. The maximum absolute atomic E-state index is 12.3. The summed E-state index contributed by atoms with van der Waals surface area (Å²) in [7, 11) is 1.57. The van der Waals surface area contributed by atoms with Crippen molar-refractivity contribution in [1.82, 2.24) is 5.32 Å². The highest BCUT2D eigenvalue weighted by molar-refractivity contribution is 6.00. The van der Waals surface area contributed by atoms with Crippen molar-refractivity contribution >= 4 is 29.1 Å². The van der Waals surface area contributed by atoms with Gasteiger partial charge in [0.05, 0.1) is 19.1 Å². The van der Waals surface area contributed by atoms with E-state index < -0.39 is 12.0 Å². The SMILES string of the molecule is COc1ccc(NC(=O)COc2ccc(N3C[C@@H](C(=O)NC[C@@H](C)O)CC3=O)cc2)cc1. The van der Waals surface area contributed by atoms with Crippen molar-refractivity contribution < 1.29 is 29.0 Å². The average Bonchev–Trinajstić information content (AvgIpc) is 3.18. The first-order chi connectivity index (χ1) is 15.4. The van der Waals surface area contributed by atoms with Crippen LogP contribution in [0, 0.1) is 5.92 Å². The monoisotopic (exact) mass is 441 g/mol. The van der Waals surface area contributed by atoms with E-state index >= 15 is 0 Å². The molecule has 0 radical (unpaired) electrons. The van der Waals surface area contributed by atoms with E-state index in [9.17, 15) is 19.5 Å². The molecule has 9 heteroatoms. The highest BCUT2D eigenvalue weighted by Gasteiger charge is 2.35. The fourth-order valence-electron chi connectivity index (χ4n) is 3.27. The van der Waals surface area contributed by atoms with Crippen LogP contribution in [0.15, 0.2) is 48.5 Å². The minimum Gasteiger partial charge on any atom is -0.497 e. The molecule has 0 aromatic heterocycles. The van der Waals surface area contributed by atoms with Crippen LogP contribution < -0.4 is 25.0 Å². The molecule has 0 bridgehead atoms. The van der Waals surface area contributed by atoms with Gasteiger partial charge in [0.15, 0.2) is 6.61 Å². The summed E-state index contributed by atoms with van der Waals surface area (Å²) < 4.78 is 10.6. The van der Waals surface area contributed by atoms with E-state index in [0.29, 0.717) is 22.9 Å². The number of carbonyl (C=O) groups excluding carboxylic acids is 3. The number of aliphatic hydroxyl groups excluding tert-OH is 1. The second-order valence-electron chi connectivity index (χ2n) is 7.56. The van der Waals surface area contributed by atoms with Gasteiger partial charge in [0, 0.05) is 30.9 Å². The molecule has 3 N–H and O–H groups in total. The Labute approximate surface area is 186 Å². The molecule has 1 heterocycles. The summed E-state index contributed by atoms with van der Waals surface area (Å²) in [5.74, 6) is 0.0252. The normalized spacial score (nSPS) is 16.4. The zero-order valence-corrected chi connectivity index (χ0v) is 18.0. The van der Waals surface area contributed by atoms with Gasteiger partial charge in [0.25, 0.3) is 5.91 Å². The first kappa shape index (κ1) is 23.1. The van der Waals surface area contributed by atoms with Crippen molar-refractivity contribution in [3.63, 3.8) is 0 Å². The van der Waals surface area contributed by atoms with E-state index in [4.69, 9.17) is 9.47 Å². The lowest BCUT2D eigenvalue weighted by atomic mass is 10.1. The Balaban J connectivity index is 1.49. The van der Waals surface area contributed by atoms with Crippen molar-refractivity contribution in [3.05, 3.63) is 48.5 Å². The molecular weight excluding hydrogens is 414 g/mol. The number of amides is 3. The zero-order chi connectivity index (χ0) is 23.1. The van der Waals surface area contributed by atoms with Crippen LogP contribution in [0.25, 0.3) is 0 Å². The quantitative estimate of drug-likeness (QED) is 0.544. The number of benzene rings is 2. The maximum Gasteiger partial charge on any atom is 0.262 e. The zero-order valence-electron chi connectivity index (χ0n) is 18.0. The number of methoxy groups -OCH3 is 1. The second-order valence-corrected chi connectivity index (χ2v) is 7.56. The summed E-state index contributed by atoms with van der Waals surface area (Å²) in [6.07, 6.45) is -0.520. The van der Waals surface area contributed by atoms with Gasteiger partial charge >= 0.3 is 0 Å². The summed E-state index contributed by atoms with van der Waals surface area (Å²) >= 11 is 0. The lowest BCUT2D eigenvalue weighted by Gasteiger charge is -2.17. The van der Waals surface area contributed by atoms with Crippen LogP contribution in [0.2, 0.25) is 0 Å². The predicted octanol–water partition coefficient (Wildman–Crippen LogP) is 1.56. The molecule has 0 spiro atoms. The van der Waals surface area contributed by atoms with E-state index in [1.807, 2.05) is 0 Å². The van der Waals surface area contributed by atoms with Gasteiger partial charge < -0.3 is 30.1 Å². The second kappa shape index (κ2) is 10.6. The Morgan fingerprint density at radius 1 is 1.12 bits per heavy atom. The van der Waals surface area contributed by atoms with Crippen LogP contribution in [0.3, 0.4) is 0 Å².